The van der Waals surface area contributed by atoms with Gasteiger partial charge in [0.15, 0.2) is 0 Å². The zero-order chi connectivity index (χ0) is 15.7. The summed E-state index contributed by atoms with van der Waals surface area (Å²) in [6.07, 6.45) is 2.39. The van der Waals surface area contributed by atoms with E-state index in [1.54, 1.807) is 0 Å². The molecule has 4 nitrogen and oxygen atoms in total. The van der Waals surface area contributed by atoms with E-state index in [1.807, 2.05) is 30.3 Å². The molecule has 0 N–H and O–H groups in total. The van der Waals surface area contributed by atoms with Crippen LogP contribution in [0.2, 0.25) is 0 Å². The van der Waals surface area contributed by atoms with Gasteiger partial charge in [-0.05, 0) is 46.1 Å². The predicted molar refractivity (Wildman–Crippen MR) is 101 cm³/mol. The molecule has 2 fully saturated rings. The first-order valence-electron chi connectivity index (χ1n) is 8.17. The van der Waals surface area contributed by atoms with Crippen LogP contribution in [0.1, 0.15) is 23.2 Å². The van der Waals surface area contributed by atoms with Crippen molar-refractivity contribution in [3.63, 3.8) is 0 Å². The molecular formula is C18H28Cl2N2O2. The fourth-order valence-corrected chi connectivity index (χ4v) is 4.18. The maximum Gasteiger partial charge on any atom is 0.338 e. The lowest BCUT2D eigenvalue weighted by atomic mass is 9.72. The largest absolute Gasteiger partial charge is 0.458 e. The Hall–Kier alpha value is -0.810. The lowest BCUT2D eigenvalue weighted by Crippen LogP contribution is -2.59. The number of carbonyl (C=O) groups is 1. The minimum Gasteiger partial charge on any atom is -0.458 e. The lowest BCUT2D eigenvalue weighted by molar-refractivity contribution is -0.0873. The van der Waals surface area contributed by atoms with Gasteiger partial charge in [0, 0.05) is 31.0 Å². The lowest BCUT2D eigenvalue weighted by Gasteiger charge is -2.50. The Balaban J connectivity index is 0.00000144. The van der Waals surface area contributed by atoms with Gasteiger partial charge in [-0.25, -0.2) is 4.79 Å². The van der Waals surface area contributed by atoms with E-state index >= 15 is 0 Å². The molecule has 2 bridgehead atoms. The number of hydrogen-bond acceptors (Lipinski definition) is 4. The van der Waals surface area contributed by atoms with Gasteiger partial charge in [0.2, 0.25) is 0 Å². The van der Waals surface area contributed by atoms with Gasteiger partial charge in [-0.3, -0.25) is 0 Å². The first-order valence-corrected chi connectivity index (χ1v) is 8.17. The molecule has 0 radical (unpaired) electrons. The number of hydrogen-bond donors (Lipinski definition) is 0. The smallest absolute Gasteiger partial charge is 0.338 e. The predicted octanol–water partition coefficient (Wildman–Crippen LogP) is 2.96. The molecule has 0 aromatic heterocycles. The minimum absolute atomic E-state index is 0. The average Bonchev–Trinajstić information content (AvgIpc) is 2.49. The first-order chi connectivity index (χ1) is 10.6. The Morgan fingerprint density at radius 1 is 1.12 bits per heavy atom. The molecule has 2 unspecified atom stereocenters. The Morgan fingerprint density at radius 3 is 2.42 bits per heavy atom. The number of carbonyl (C=O) groups excluding carboxylic acids is 1. The molecule has 1 aromatic carbocycles. The molecule has 0 amide bonds. The van der Waals surface area contributed by atoms with Crippen LogP contribution in [-0.2, 0) is 4.74 Å². The van der Waals surface area contributed by atoms with Gasteiger partial charge in [0.05, 0.1) is 5.56 Å². The number of ether oxygens (including phenoxy) is 1. The molecule has 1 aliphatic heterocycles. The minimum atomic E-state index is -0.176. The molecule has 2 aliphatic rings. The quantitative estimate of drug-likeness (QED) is 0.761. The van der Waals surface area contributed by atoms with Crippen molar-refractivity contribution in [2.24, 2.45) is 11.8 Å². The number of benzene rings is 1. The number of halogens is 2. The maximum atomic E-state index is 12.5. The molecule has 1 aliphatic carbocycles. The van der Waals surface area contributed by atoms with Gasteiger partial charge in [-0.15, -0.1) is 24.8 Å². The second-order valence-electron chi connectivity index (χ2n) is 6.99. The van der Waals surface area contributed by atoms with Crippen molar-refractivity contribution in [3.05, 3.63) is 35.9 Å². The SMILES string of the molecule is CN1CC2CC[C@@H](N(C)C)C(C1)[C@@H]2OC(=O)c1ccccc1.Cl.Cl. The number of esters is 1. The van der Waals surface area contributed by atoms with Gasteiger partial charge in [0.25, 0.3) is 0 Å². The number of piperidine rings is 1. The highest BCUT2D eigenvalue weighted by atomic mass is 35.5. The third-order valence-corrected chi connectivity index (χ3v) is 5.20. The van der Waals surface area contributed by atoms with Crippen LogP contribution in [0, 0.1) is 11.8 Å². The summed E-state index contributed by atoms with van der Waals surface area (Å²) in [4.78, 5) is 17.1. The zero-order valence-electron chi connectivity index (χ0n) is 14.6. The molecule has 4 atom stereocenters. The Kier molecular flexibility index (Phi) is 8.00. The summed E-state index contributed by atoms with van der Waals surface area (Å²) in [7, 11) is 6.44. The molecule has 3 rings (SSSR count). The summed E-state index contributed by atoms with van der Waals surface area (Å²) in [6.45, 7) is 2.04. The molecule has 1 saturated heterocycles. The van der Waals surface area contributed by atoms with Gasteiger partial charge >= 0.3 is 5.97 Å². The van der Waals surface area contributed by atoms with Crippen LogP contribution < -0.4 is 0 Å². The molecule has 136 valence electrons. The van der Waals surface area contributed by atoms with E-state index in [0.717, 1.165) is 19.5 Å². The van der Waals surface area contributed by atoms with Crippen molar-refractivity contribution in [1.82, 2.24) is 9.80 Å². The van der Waals surface area contributed by atoms with Gasteiger partial charge in [-0.1, -0.05) is 18.2 Å². The van der Waals surface area contributed by atoms with Crippen LogP contribution in [0.15, 0.2) is 30.3 Å². The Morgan fingerprint density at radius 2 is 1.79 bits per heavy atom. The van der Waals surface area contributed by atoms with E-state index in [9.17, 15) is 4.79 Å². The van der Waals surface area contributed by atoms with E-state index < -0.39 is 0 Å². The number of rotatable bonds is 3. The molecule has 1 heterocycles. The fourth-order valence-electron chi connectivity index (χ4n) is 4.18. The summed E-state index contributed by atoms with van der Waals surface area (Å²) in [5, 5.41) is 0. The summed E-state index contributed by atoms with van der Waals surface area (Å²) >= 11 is 0. The monoisotopic (exact) mass is 374 g/mol. The number of likely N-dealkylation sites (tertiary alicyclic amines) is 1. The van der Waals surface area contributed by atoms with Crippen molar-refractivity contribution in [1.29, 1.82) is 0 Å². The molecule has 1 aromatic rings. The van der Waals surface area contributed by atoms with E-state index in [4.69, 9.17) is 4.74 Å². The third-order valence-electron chi connectivity index (χ3n) is 5.20. The van der Waals surface area contributed by atoms with Crippen molar-refractivity contribution in [3.8, 4) is 0 Å². The van der Waals surface area contributed by atoms with E-state index in [-0.39, 0.29) is 36.9 Å². The molecule has 0 spiro atoms. The Bertz CT molecular complexity index is 527. The second kappa shape index (κ2) is 9.04. The van der Waals surface area contributed by atoms with Crippen molar-refractivity contribution < 1.29 is 9.53 Å². The summed E-state index contributed by atoms with van der Waals surface area (Å²) in [5.74, 6) is 0.692. The molecular weight excluding hydrogens is 347 g/mol. The highest BCUT2D eigenvalue weighted by molar-refractivity contribution is 5.89. The van der Waals surface area contributed by atoms with Gasteiger partial charge < -0.3 is 14.5 Å². The normalized spacial score (nSPS) is 29.3. The van der Waals surface area contributed by atoms with Crippen LogP contribution in [-0.4, -0.2) is 62.1 Å². The summed E-state index contributed by atoms with van der Waals surface area (Å²) < 4.78 is 5.98. The van der Waals surface area contributed by atoms with Gasteiger partial charge in [0.1, 0.15) is 6.10 Å². The standard InChI is InChI=1S/C18H26N2O2.2ClH/c1-19(2)16-10-9-14-11-20(3)12-15(16)17(14)22-18(21)13-7-5-4-6-8-13;;/h4-8,14-17H,9-12H2,1-3H3;2*1H/t14?,15?,16-,17-;;/m1../s1. The molecule has 1 saturated carbocycles. The van der Waals surface area contributed by atoms with Crippen LogP contribution in [0.25, 0.3) is 0 Å². The third kappa shape index (κ3) is 4.42. The highest BCUT2D eigenvalue weighted by Gasteiger charge is 2.46. The maximum absolute atomic E-state index is 12.5. The summed E-state index contributed by atoms with van der Waals surface area (Å²) in [5.41, 5.74) is 0.654. The number of fused-ring (bicyclic) bond motifs is 2. The second-order valence-corrected chi connectivity index (χ2v) is 6.99. The van der Waals surface area contributed by atoms with Gasteiger partial charge in [-0.2, -0.15) is 0 Å². The van der Waals surface area contributed by atoms with Crippen molar-refractivity contribution in [2.75, 3.05) is 34.2 Å². The first kappa shape index (κ1) is 21.2. The number of nitrogens with zero attached hydrogens (tertiary/aromatic N) is 2. The fraction of sp³-hybridized carbons (Fsp3) is 0.611. The van der Waals surface area contributed by atoms with Crippen molar-refractivity contribution >= 4 is 30.8 Å². The van der Waals surface area contributed by atoms with E-state index in [1.165, 1.54) is 6.42 Å². The highest BCUT2D eigenvalue weighted by Crippen LogP contribution is 2.38. The van der Waals surface area contributed by atoms with Crippen LogP contribution in [0.3, 0.4) is 0 Å². The summed E-state index contributed by atoms with van der Waals surface area (Å²) in [6, 6.07) is 9.84. The molecule has 6 heteroatoms. The zero-order valence-corrected chi connectivity index (χ0v) is 16.2. The van der Waals surface area contributed by atoms with Crippen molar-refractivity contribution in [2.45, 2.75) is 25.0 Å². The average molecular weight is 375 g/mol. The van der Waals surface area contributed by atoms with Crippen LogP contribution in [0.5, 0.6) is 0 Å². The molecule has 24 heavy (non-hydrogen) atoms. The van der Waals surface area contributed by atoms with E-state index in [0.29, 0.717) is 23.4 Å². The Labute approximate surface area is 157 Å². The van der Waals surface area contributed by atoms with Crippen LogP contribution >= 0.6 is 24.8 Å². The van der Waals surface area contributed by atoms with E-state index in [2.05, 4.69) is 30.9 Å². The topological polar surface area (TPSA) is 32.8 Å². The van der Waals surface area contributed by atoms with Crippen LogP contribution in [0.4, 0.5) is 0 Å².